The largest absolute Gasteiger partial charge is 0.398 e. The van der Waals surface area contributed by atoms with Gasteiger partial charge in [-0.3, -0.25) is 4.98 Å². The summed E-state index contributed by atoms with van der Waals surface area (Å²) < 4.78 is 0. The van der Waals surface area contributed by atoms with Crippen molar-refractivity contribution in [2.45, 2.75) is 12.2 Å². The molecule has 0 aliphatic carbocycles. The van der Waals surface area contributed by atoms with E-state index in [1.807, 2.05) is 30.0 Å². The summed E-state index contributed by atoms with van der Waals surface area (Å²) in [5, 5.41) is 1.10. The van der Waals surface area contributed by atoms with Crippen molar-refractivity contribution in [2.75, 3.05) is 11.5 Å². The quantitative estimate of drug-likeness (QED) is 0.735. The monoisotopic (exact) mass is 216 g/mol. The van der Waals surface area contributed by atoms with E-state index < -0.39 is 0 Å². The first kappa shape index (κ1) is 9.04. The van der Waals surface area contributed by atoms with E-state index in [4.69, 9.17) is 5.73 Å². The fraction of sp³-hybridized carbons (Fsp3) is 0.250. The molecule has 0 radical (unpaired) electrons. The predicted molar refractivity (Wildman–Crippen MR) is 66.0 cm³/mol. The average Bonchev–Trinajstić information content (AvgIpc) is 2.30. The number of aryl methyl sites for hydroxylation is 1. The van der Waals surface area contributed by atoms with Gasteiger partial charge in [0.05, 0.1) is 5.52 Å². The molecular formula is C12H12N2S. The van der Waals surface area contributed by atoms with Crippen molar-refractivity contribution in [3.05, 3.63) is 35.5 Å². The number of pyridine rings is 1. The van der Waals surface area contributed by atoms with E-state index in [1.165, 1.54) is 11.3 Å². The second kappa shape index (κ2) is 3.42. The first-order valence-corrected chi connectivity index (χ1v) is 6.25. The number of hydrogen-bond donors (Lipinski definition) is 1. The van der Waals surface area contributed by atoms with E-state index in [2.05, 4.69) is 11.1 Å². The van der Waals surface area contributed by atoms with Crippen LogP contribution in [0, 0.1) is 0 Å². The highest BCUT2D eigenvalue weighted by Crippen LogP contribution is 2.32. The van der Waals surface area contributed by atoms with E-state index in [0.29, 0.717) is 0 Å². The Bertz CT molecular complexity index is 522. The Morgan fingerprint density at radius 1 is 1.27 bits per heavy atom. The molecule has 15 heavy (non-hydrogen) atoms. The molecule has 1 aliphatic heterocycles. The van der Waals surface area contributed by atoms with Crippen molar-refractivity contribution in [2.24, 2.45) is 0 Å². The van der Waals surface area contributed by atoms with Gasteiger partial charge in [0.2, 0.25) is 0 Å². The molecule has 0 fully saturated rings. The van der Waals surface area contributed by atoms with Crippen molar-refractivity contribution in [1.82, 2.24) is 4.98 Å². The lowest BCUT2D eigenvalue weighted by molar-refractivity contribution is 1.01. The van der Waals surface area contributed by atoms with Crippen molar-refractivity contribution in [3.8, 4) is 0 Å². The van der Waals surface area contributed by atoms with Crippen molar-refractivity contribution in [1.29, 1.82) is 0 Å². The second-order valence-electron chi connectivity index (χ2n) is 3.77. The summed E-state index contributed by atoms with van der Waals surface area (Å²) in [6, 6.07) is 8.12. The number of rotatable bonds is 0. The van der Waals surface area contributed by atoms with Crippen LogP contribution in [-0.2, 0) is 12.2 Å². The fourth-order valence-corrected chi connectivity index (χ4v) is 3.05. The van der Waals surface area contributed by atoms with Crippen molar-refractivity contribution in [3.63, 3.8) is 0 Å². The highest BCUT2D eigenvalue weighted by Gasteiger charge is 2.15. The van der Waals surface area contributed by atoms with Crippen LogP contribution in [0.2, 0.25) is 0 Å². The number of hydrogen-bond acceptors (Lipinski definition) is 3. The van der Waals surface area contributed by atoms with Gasteiger partial charge >= 0.3 is 0 Å². The Labute approximate surface area is 92.9 Å². The zero-order valence-corrected chi connectivity index (χ0v) is 9.18. The third-order valence-electron chi connectivity index (χ3n) is 2.85. The van der Waals surface area contributed by atoms with Gasteiger partial charge in [-0.15, -0.1) is 0 Å². The Morgan fingerprint density at radius 3 is 3.07 bits per heavy atom. The van der Waals surface area contributed by atoms with Crippen molar-refractivity contribution < 1.29 is 0 Å². The molecule has 1 aromatic carbocycles. The Balaban J connectivity index is 2.36. The second-order valence-corrected chi connectivity index (χ2v) is 4.88. The van der Waals surface area contributed by atoms with Crippen molar-refractivity contribution >= 4 is 28.4 Å². The average molecular weight is 216 g/mol. The molecule has 2 nitrogen and oxygen atoms in total. The Hall–Kier alpha value is -1.22. The van der Waals surface area contributed by atoms with Crippen LogP contribution in [0.4, 0.5) is 5.69 Å². The number of aromatic nitrogens is 1. The van der Waals surface area contributed by atoms with E-state index in [-0.39, 0.29) is 0 Å². The molecule has 0 atom stereocenters. The number of nitrogens with two attached hydrogens (primary N) is 1. The summed E-state index contributed by atoms with van der Waals surface area (Å²) >= 11 is 1.94. The summed E-state index contributed by atoms with van der Waals surface area (Å²) in [4.78, 5) is 4.68. The third-order valence-corrected chi connectivity index (χ3v) is 3.84. The van der Waals surface area contributed by atoms with Crippen LogP contribution in [-0.4, -0.2) is 10.7 Å². The van der Waals surface area contributed by atoms with E-state index in [0.717, 1.165) is 34.5 Å². The molecule has 1 aliphatic rings. The maximum absolute atomic E-state index is 6.19. The first-order valence-electron chi connectivity index (χ1n) is 5.10. The normalized spacial score (nSPS) is 15.2. The van der Waals surface area contributed by atoms with Gasteiger partial charge < -0.3 is 5.73 Å². The number of para-hydroxylation sites is 1. The first-order chi connectivity index (χ1) is 7.36. The van der Waals surface area contributed by atoms with Gasteiger partial charge in [-0.05, 0) is 18.2 Å². The molecule has 0 bridgehead atoms. The van der Waals surface area contributed by atoms with Gasteiger partial charge in [0.15, 0.2) is 0 Å². The standard InChI is InChI=1S/C12H12N2S/c13-12-8-3-1-2-4-10(8)14-11-5-6-15-7-9(11)12/h1-4H,5-7H2,(H2,13,14). The maximum atomic E-state index is 6.19. The number of nitrogen functional groups attached to an aromatic ring is 1. The third kappa shape index (κ3) is 1.38. The highest BCUT2D eigenvalue weighted by molar-refractivity contribution is 7.98. The highest BCUT2D eigenvalue weighted by atomic mass is 32.2. The molecule has 0 saturated heterocycles. The maximum Gasteiger partial charge on any atom is 0.0726 e. The van der Waals surface area contributed by atoms with Gasteiger partial charge in [0, 0.05) is 28.1 Å². The molecule has 1 aromatic heterocycles. The summed E-state index contributed by atoms with van der Waals surface area (Å²) in [5.41, 5.74) is 10.6. The van der Waals surface area contributed by atoms with Crippen LogP contribution in [0.5, 0.6) is 0 Å². The lowest BCUT2D eigenvalue weighted by Gasteiger charge is -2.18. The van der Waals surface area contributed by atoms with E-state index in [1.54, 1.807) is 0 Å². The SMILES string of the molecule is Nc1c2c(nc3ccccc13)CCSC2. The molecule has 76 valence electrons. The lowest BCUT2D eigenvalue weighted by Crippen LogP contribution is -2.09. The van der Waals surface area contributed by atoms with Crippen LogP contribution in [0.25, 0.3) is 10.9 Å². The minimum atomic E-state index is 0.933. The molecule has 0 unspecified atom stereocenters. The van der Waals surface area contributed by atoms with Crippen LogP contribution >= 0.6 is 11.8 Å². The molecule has 2 heterocycles. The van der Waals surface area contributed by atoms with E-state index in [9.17, 15) is 0 Å². The molecular weight excluding hydrogens is 204 g/mol. The van der Waals surface area contributed by atoms with Gasteiger partial charge in [0.25, 0.3) is 0 Å². The van der Waals surface area contributed by atoms with Crippen LogP contribution < -0.4 is 5.73 Å². The minimum Gasteiger partial charge on any atom is -0.398 e. The van der Waals surface area contributed by atoms with E-state index >= 15 is 0 Å². The zero-order valence-electron chi connectivity index (χ0n) is 8.36. The topological polar surface area (TPSA) is 38.9 Å². The lowest BCUT2D eigenvalue weighted by atomic mass is 10.1. The van der Waals surface area contributed by atoms with Gasteiger partial charge in [-0.1, -0.05) is 18.2 Å². The molecule has 0 spiro atoms. The molecule has 3 heteroatoms. The summed E-state index contributed by atoms with van der Waals surface area (Å²) in [5.74, 6) is 2.18. The number of nitrogens with zero attached hydrogens (tertiary/aromatic N) is 1. The molecule has 0 saturated carbocycles. The van der Waals surface area contributed by atoms with Gasteiger partial charge in [0.1, 0.15) is 0 Å². The fourth-order valence-electron chi connectivity index (χ4n) is 2.04. The van der Waals surface area contributed by atoms with Gasteiger partial charge in [-0.2, -0.15) is 11.8 Å². The number of thioether (sulfide) groups is 1. The van der Waals surface area contributed by atoms with Gasteiger partial charge in [-0.25, -0.2) is 0 Å². The van der Waals surface area contributed by atoms with Crippen LogP contribution in [0.15, 0.2) is 24.3 Å². The molecule has 3 rings (SSSR count). The zero-order chi connectivity index (χ0) is 10.3. The van der Waals surface area contributed by atoms with Crippen LogP contribution in [0.1, 0.15) is 11.3 Å². The number of fused-ring (bicyclic) bond motifs is 2. The van der Waals surface area contributed by atoms with Crippen LogP contribution in [0.3, 0.4) is 0 Å². The minimum absolute atomic E-state index is 0.933. The summed E-state index contributed by atoms with van der Waals surface area (Å²) in [7, 11) is 0. The molecule has 2 N–H and O–H groups in total. The summed E-state index contributed by atoms with van der Waals surface area (Å²) in [6.45, 7) is 0. The molecule has 2 aromatic rings. The molecule has 0 amide bonds. The number of benzene rings is 1. The predicted octanol–water partition coefficient (Wildman–Crippen LogP) is 2.61. The Morgan fingerprint density at radius 2 is 2.13 bits per heavy atom. The smallest absolute Gasteiger partial charge is 0.0726 e. The Kier molecular flexibility index (Phi) is 2.06. The number of anilines is 1. The summed E-state index contributed by atoms with van der Waals surface area (Å²) in [6.07, 6.45) is 1.05.